The SMILES string of the molecule is CC(C)(C)CCNCC1CCSC1. The Hall–Kier alpha value is 0.310. The van der Waals surface area contributed by atoms with E-state index < -0.39 is 0 Å². The van der Waals surface area contributed by atoms with Gasteiger partial charge in [-0.15, -0.1) is 0 Å². The monoisotopic (exact) mass is 201 g/mol. The molecular formula is C11H23NS. The normalized spacial score (nSPS) is 23.8. The van der Waals surface area contributed by atoms with E-state index in [1.165, 1.54) is 37.4 Å². The fraction of sp³-hybridized carbons (Fsp3) is 1.00. The van der Waals surface area contributed by atoms with Crippen LogP contribution in [0.4, 0.5) is 0 Å². The average molecular weight is 201 g/mol. The highest BCUT2D eigenvalue weighted by atomic mass is 32.2. The first-order valence-electron chi connectivity index (χ1n) is 5.36. The van der Waals surface area contributed by atoms with Crippen LogP contribution in [0.1, 0.15) is 33.6 Å². The molecule has 1 aliphatic heterocycles. The second-order valence-corrected chi connectivity index (χ2v) is 6.39. The molecule has 1 nitrogen and oxygen atoms in total. The van der Waals surface area contributed by atoms with Gasteiger partial charge in [-0.1, -0.05) is 20.8 Å². The van der Waals surface area contributed by atoms with Crippen LogP contribution in [0.5, 0.6) is 0 Å². The molecule has 1 rings (SSSR count). The van der Waals surface area contributed by atoms with E-state index in [9.17, 15) is 0 Å². The molecule has 13 heavy (non-hydrogen) atoms. The molecule has 1 saturated heterocycles. The highest BCUT2D eigenvalue weighted by Crippen LogP contribution is 2.22. The van der Waals surface area contributed by atoms with Crippen LogP contribution in [0.3, 0.4) is 0 Å². The summed E-state index contributed by atoms with van der Waals surface area (Å²) in [5, 5.41) is 3.57. The van der Waals surface area contributed by atoms with Crippen LogP contribution in [-0.2, 0) is 0 Å². The minimum atomic E-state index is 0.484. The Kier molecular flexibility index (Phi) is 4.60. The third kappa shape index (κ3) is 5.58. The predicted molar refractivity (Wildman–Crippen MR) is 62.4 cm³/mol. The largest absolute Gasteiger partial charge is 0.316 e. The maximum atomic E-state index is 3.57. The number of nitrogens with one attached hydrogen (secondary N) is 1. The van der Waals surface area contributed by atoms with Gasteiger partial charge in [0.2, 0.25) is 0 Å². The van der Waals surface area contributed by atoms with Gasteiger partial charge in [-0.3, -0.25) is 0 Å². The Balaban J connectivity index is 1.94. The third-order valence-corrected chi connectivity index (χ3v) is 3.74. The van der Waals surface area contributed by atoms with E-state index >= 15 is 0 Å². The van der Waals surface area contributed by atoms with Crippen molar-refractivity contribution < 1.29 is 0 Å². The van der Waals surface area contributed by atoms with Gasteiger partial charge in [0.15, 0.2) is 0 Å². The molecule has 1 aliphatic rings. The summed E-state index contributed by atoms with van der Waals surface area (Å²) < 4.78 is 0. The van der Waals surface area contributed by atoms with Crippen LogP contribution >= 0.6 is 11.8 Å². The molecule has 78 valence electrons. The van der Waals surface area contributed by atoms with Gasteiger partial charge in [-0.2, -0.15) is 11.8 Å². The summed E-state index contributed by atoms with van der Waals surface area (Å²) in [7, 11) is 0. The maximum Gasteiger partial charge on any atom is -0.00123 e. The van der Waals surface area contributed by atoms with Crippen molar-refractivity contribution in [1.29, 1.82) is 0 Å². The van der Waals surface area contributed by atoms with E-state index in [-0.39, 0.29) is 0 Å². The van der Waals surface area contributed by atoms with E-state index in [0.29, 0.717) is 5.41 Å². The molecule has 1 atom stereocenters. The topological polar surface area (TPSA) is 12.0 Å². The van der Waals surface area contributed by atoms with Crippen molar-refractivity contribution in [2.24, 2.45) is 11.3 Å². The van der Waals surface area contributed by atoms with Gasteiger partial charge in [0.05, 0.1) is 0 Å². The Labute approximate surface area is 87.1 Å². The lowest BCUT2D eigenvalue weighted by molar-refractivity contribution is 0.360. The van der Waals surface area contributed by atoms with Gasteiger partial charge in [0.1, 0.15) is 0 Å². The van der Waals surface area contributed by atoms with E-state index in [1.54, 1.807) is 0 Å². The smallest absolute Gasteiger partial charge is 0.00123 e. The number of hydrogen-bond acceptors (Lipinski definition) is 2. The lowest BCUT2D eigenvalue weighted by atomic mass is 9.92. The molecule has 0 aromatic heterocycles. The van der Waals surface area contributed by atoms with Gasteiger partial charge in [-0.25, -0.2) is 0 Å². The number of thioether (sulfide) groups is 1. The summed E-state index contributed by atoms with van der Waals surface area (Å²) in [5.41, 5.74) is 0.484. The third-order valence-electron chi connectivity index (χ3n) is 2.51. The lowest BCUT2D eigenvalue weighted by Gasteiger charge is -2.19. The molecule has 1 heterocycles. The van der Waals surface area contributed by atoms with Crippen molar-refractivity contribution in [2.75, 3.05) is 24.6 Å². The van der Waals surface area contributed by atoms with Crippen molar-refractivity contribution in [2.45, 2.75) is 33.6 Å². The molecule has 0 aliphatic carbocycles. The van der Waals surface area contributed by atoms with Crippen molar-refractivity contribution in [3.8, 4) is 0 Å². The maximum absolute atomic E-state index is 3.57. The second-order valence-electron chi connectivity index (χ2n) is 5.24. The molecule has 0 saturated carbocycles. The average Bonchev–Trinajstić information content (AvgIpc) is 2.48. The van der Waals surface area contributed by atoms with Gasteiger partial charge < -0.3 is 5.32 Å². The van der Waals surface area contributed by atoms with Gasteiger partial charge in [-0.05, 0) is 48.8 Å². The van der Waals surface area contributed by atoms with Gasteiger partial charge >= 0.3 is 0 Å². The number of hydrogen-bond donors (Lipinski definition) is 1. The first-order valence-corrected chi connectivity index (χ1v) is 6.52. The van der Waals surface area contributed by atoms with Crippen LogP contribution in [0.2, 0.25) is 0 Å². The second kappa shape index (κ2) is 5.26. The lowest BCUT2D eigenvalue weighted by Crippen LogP contribution is -2.26. The molecular weight excluding hydrogens is 178 g/mol. The quantitative estimate of drug-likeness (QED) is 0.702. The van der Waals surface area contributed by atoms with Gasteiger partial charge in [0.25, 0.3) is 0 Å². The van der Waals surface area contributed by atoms with Crippen LogP contribution < -0.4 is 5.32 Å². The van der Waals surface area contributed by atoms with Crippen molar-refractivity contribution >= 4 is 11.8 Å². The minimum absolute atomic E-state index is 0.484. The fourth-order valence-corrected chi connectivity index (χ4v) is 2.80. The first-order chi connectivity index (χ1) is 6.08. The van der Waals surface area contributed by atoms with Crippen molar-refractivity contribution in [1.82, 2.24) is 5.32 Å². The Morgan fingerprint density at radius 1 is 1.38 bits per heavy atom. The van der Waals surface area contributed by atoms with Crippen LogP contribution in [0.25, 0.3) is 0 Å². The van der Waals surface area contributed by atoms with E-state index in [4.69, 9.17) is 0 Å². The molecule has 0 aromatic carbocycles. The first kappa shape index (κ1) is 11.4. The van der Waals surface area contributed by atoms with Crippen LogP contribution in [0, 0.1) is 11.3 Å². The summed E-state index contributed by atoms with van der Waals surface area (Å²) in [5.74, 6) is 3.71. The van der Waals surface area contributed by atoms with Crippen LogP contribution in [-0.4, -0.2) is 24.6 Å². The summed E-state index contributed by atoms with van der Waals surface area (Å²) in [6, 6.07) is 0. The molecule has 0 spiro atoms. The molecule has 0 aromatic rings. The van der Waals surface area contributed by atoms with Gasteiger partial charge in [0, 0.05) is 0 Å². The zero-order chi connectivity index (χ0) is 9.73. The minimum Gasteiger partial charge on any atom is -0.316 e. The number of rotatable bonds is 4. The standard InChI is InChI=1S/C11H23NS/c1-11(2,3)5-6-12-8-10-4-7-13-9-10/h10,12H,4-9H2,1-3H3. The summed E-state index contributed by atoms with van der Waals surface area (Å²) in [6.45, 7) is 9.34. The predicted octanol–water partition coefficient (Wildman–Crippen LogP) is 2.77. The summed E-state index contributed by atoms with van der Waals surface area (Å²) >= 11 is 2.11. The summed E-state index contributed by atoms with van der Waals surface area (Å²) in [4.78, 5) is 0. The van der Waals surface area contributed by atoms with Crippen molar-refractivity contribution in [3.05, 3.63) is 0 Å². The van der Waals surface area contributed by atoms with Crippen molar-refractivity contribution in [3.63, 3.8) is 0 Å². The highest BCUT2D eigenvalue weighted by Gasteiger charge is 2.15. The molecule has 0 bridgehead atoms. The molecule has 0 amide bonds. The Morgan fingerprint density at radius 2 is 2.15 bits per heavy atom. The molecule has 2 heteroatoms. The summed E-state index contributed by atoms with van der Waals surface area (Å²) in [6.07, 6.45) is 2.71. The highest BCUT2D eigenvalue weighted by molar-refractivity contribution is 7.99. The molecule has 1 unspecified atom stereocenters. The molecule has 1 fully saturated rings. The zero-order valence-corrected chi connectivity index (χ0v) is 10.0. The Morgan fingerprint density at radius 3 is 2.69 bits per heavy atom. The zero-order valence-electron chi connectivity index (χ0n) is 9.23. The van der Waals surface area contributed by atoms with E-state index in [0.717, 1.165) is 5.92 Å². The van der Waals surface area contributed by atoms with Crippen LogP contribution in [0.15, 0.2) is 0 Å². The fourth-order valence-electron chi connectivity index (χ4n) is 1.51. The molecule has 0 radical (unpaired) electrons. The molecule has 1 N–H and O–H groups in total. The Bertz CT molecular complexity index is 134. The van der Waals surface area contributed by atoms with E-state index in [2.05, 4.69) is 37.8 Å². The van der Waals surface area contributed by atoms with E-state index in [1.807, 2.05) is 0 Å².